The lowest BCUT2D eigenvalue weighted by Gasteiger charge is -2.46. The maximum Gasteiger partial charge on any atom is 0.0872 e. The van der Waals surface area contributed by atoms with Gasteiger partial charge in [-0.2, -0.15) is 0 Å². The zero-order valence-corrected chi connectivity index (χ0v) is 12.0. The van der Waals surface area contributed by atoms with Crippen molar-refractivity contribution in [3.8, 4) is 0 Å². The summed E-state index contributed by atoms with van der Waals surface area (Å²) in [7, 11) is 3.87. The average Bonchev–Trinajstić information content (AvgIpc) is 2.34. The van der Waals surface area contributed by atoms with Gasteiger partial charge in [-0.15, -0.1) is 0 Å². The summed E-state index contributed by atoms with van der Waals surface area (Å²) in [5.41, 5.74) is 2.74. The largest absolute Gasteiger partial charge is 0.376 e. The first-order valence-corrected chi connectivity index (χ1v) is 6.95. The zero-order valence-electron chi connectivity index (χ0n) is 12.0. The Bertz CT molecular complexity index is 373. The Hall–Kier alpha value is -0.860. The van der Waals surface area contributed by atoms with Crippen LogP contribution in [0.3, 0.4) is 0 Å². The first-order valence-electron chi connectivity index (χ1n) is 6.95. The van der Waals surface area contributed by atoms with Gasteiger partial charge in [-0.05, 0) is 43.4 Å². The highest BCUT2D eigenvalue weighted by Gasteiger charge is 2.44. The maximum absolute atomic E-state index is 5.80. The van der Waals surface area contributed by atoms with Crippen molar-refractivity contribution in [2.45, 2.75) is 50.7 Å². The highest BCUT2D eigenvalue weighted by molar-refractivity contribution is 5.29. The Morgan fingerprint density at radius 1 is 1.11 bits per heavy atom. The SMILES string of the molecule is CNC(c1ccc(C(C)C)cc1)C1(OC)CCC1. The fourth-order valence-electron chi connectivity index (χ4n) is 2.94. The molecule has 1 fully saturated rings. The molecule has 1 unspecified atom stereocenters. The molecule has 2 nitrogen and oxygen atoms in total. The van der Waals surface area contributed by atoms with Crippen molar-refractivity contribution < 1.29 is 4.74 Å². The Balaban J connectivity index is 2.22. The van der Waals surface area contributed by atoms with Crippen LogP contribution in [0.15, 0.2) is 24.3 Å². The summed E-state index contributed by atoms with van der Waals surface area (Å²) in [4.78, 5) is 0. The van der Waals surface area contributed by atoms with Crippen LogP contribution < -0.4 is 5.32 Å². The van der Waals surface area contributed by atoms with Crippen molar-refractivity contribution in [3.05, 3.63) is 35.4 Å². The Morgan fingerprint density at radius 3 is 2.00 bits per heavy atom. The second-order valence-electron chi connectivity index (χ2n) is 5.67. The molecule has 0 spiro atoms. The summed E-state index contributed by atoms with van der Waals surface area (Å²) in [6.07, 6.45) is 3.58. The molecule has 1 aromatic rings. The number of rotatable bonds is 5. The Kier molecular flexibility index (Phi) is 4.08. The molecule has 1 N–H and O–H groups in total. The summed E-state index contributed by atoms with van der Waals surface area (Å²) < 4.78 is 5.80. The summed E-state index contributed by atoms with van der Waals surface area (Å²) >= 11 is 0. The quantitative estimate of drug-likeness (QED) is 0.857. The molecule has 1 saturated carbocycles. The molecule has 0 bridgehead atoms. The van der Waals surface area contributed by atoms with E-state index in [9.17, 15) is 0 Å². The number of nitrogens with one attached hydrogen (secondary N) is 1. The van der Waals surface area contributed by atoms with Crippen molar-refractivity contribution in [2.75, 3.05) is 14.2 Å². The van der Waals surface area contributed by atoms with E-state index in [0.717, 1.165) is 12.8 Å². The molecule has 1 aliphatic carbocycles. The molecule has 0 amide bonds. The van der Waals surface area contributed by atoms with Gasteiger partial charge in [0.1, 0.15) is 0 Å². The number of likely N-dealkylation sites (N-methyl/N-ethyl adjacent to an activating group) is 1. The fraction of sp³-hybridized carbons (Fsp3) is 0.625. The van der Waals surface area contributed by atoms with Gasteiger partial charge in [0.2, 0.25) is 0 Å². The minimum atomic E-state index is 0.00803. The zero-order chi connectivity index (χ0) is 13.2. The molecule has 1 aromatic carbocycles. The highest BCUT2D eigenvalue weighted by Crippen LogP contribution is 2.44. The van der Waals surface area contributed by atoms with E-state index >= 15 is 0 Å². The standard InChI is InChI=1S/C16H25NO/c1-12(2)13-6-8-14(9-7-13)15(17-3)16(18-4)10-5-11-16/h6-9,12,15,17H,5,10-11H2,1-4H3. The molecule has 0 aromatic heterocycles. The molecule has 0 heterocycles. The second kappa shape index (κ2) is 5.41. The average molecular weight is 247 g/mol. The van der Waals surface area contributed by atoms with Crippen LogP contribution >= 0.6 is 0 Å². The summed E-state index contributed by atoms with van der Waals surface area (Å²) in [6.45, 7) is 4.46. The Morgan fingerprint density at radius 2 is 1.67 bits per heavy atom. The minimum absolute atomic E-state index is 0.00803. The van der Waals surface area contributed by atoms with Gasteiger partial charge in [0, 0.05) is 7.11 Å². The highest BCUT2D eigenvalue weighted by atomic mass is 16.5. The molecule has 0 radical (unpaired) electrons. The molecule has 2 rings (SSSR count). The van der Waals surface area contributed by atoms with Crippen LogP contribution in [0.2, 0.25) is 0 Å². The van der Waals surface area contributed by atoms with E-state index < -0.39 is 0 Å². The predicted octanol–water partition coefficient (Wildman–Crippen LogP) is 3.64. The third-order valence-corrected chi connectivity index (χ3v) is 4.36. The Labute approximate surface area is 111 Å². The van der Waals surface area contributed by atoms with E-state index in [4.69, 9.17) is 4.74 Å². The molecule has 18 heavy (non-hydrogen) atoms. The predicted molar refractivity (Wildman–Crippen MR) is 75.9 cm³/mol. The lowest BCUT2D eigenvalue weighted by atomic mass is 9.72. The van der Waals surface area contributed by atoms with Crippen LogP contribution in [0.25, 0.3) is 0 Å². The number of ether oxygens (including phenoxy) is 1. The first-order chi connectivity index (χ1) is 8.63. The molecule has 1 aliphatic rings. The summed E-state index contributed by atoms with van der Waals surface area (Å²) in [5, 5.41) is 3.44. The number of methoxy groups -OCH3 is 1. The minimum Gasteiger partial charge on any atom is -0.376 e. The number of hydrogen-bond donors (Lipinski definition) is 1. The molecule has 0 saturated heterocycles. The van der Waals surface area contributed by atoms with Crippen molar-refractivity contribution in [1.29, 1.82) is 0 Å². The van der Waals surface area contributed by atoms with Gasteiger partial charge in [-0.25, -0.2) is 0 Å². The lowest BCUT2D eigenvalue weighted by molar-refractivity contribution is -0.0983. The van der Waals surface area contributed by atoms with Crippen LogP contribution in [-0.2, 0) is 4.74 Å². The third kappa shape index (κ3) is 2.32. The van der Waals surface area contributed by atoms with Gasteiger partial charge in [-0.3, -0.25) is 0 Å². The van der Waals surface area contributed by atoms with Crippen molar-refractivity contribution in [2.24, 2.45) is 0 Å². The van der Waals surface area contributed by atoms with Gasteiger partial charge in [-0.1, -0.05) is 38.1 Å². The van der Waals surface area contributed by atoms with Gasteiger partial charge in [0.15, 0.2) is 0 Å². The smallest absolute Gasteiger partial charge is 0.0872 e. The first kappa shape index (κ1) is 13.6. The van der Waals surface area contributed by atoms with Crippen LogP contribution in [0.5, 0.6) is 0 Å². The van der Waals surface area contributed by atoms with Crippen molar-refractivity contribution in [1.82, 2.24) is 5.32 Å². The van der Waals surface area contributed by atoms with Gasteiger partial charge >= 0.3 is 0 Å². The van der Waals surface area contributed by atoms with E-state index in [1.807, 2.05) is 14.2 Å². The van der Waals surface area contributed by atoms with Gasteiger partial charge in [0.25, 0.3) is 0 Å². The van der Waals surface area contributed by atoms with E-state index in [1.165, 1.54) is 17.5 Å². The van der Waals surface area contributed by atoms with Gasteiger partial charge < -0.3 is 10.1 Å². The molecule has 100 valence electrons. The van der Waals surface area contributed by atoms with Crippen LogP contribution in [0.4, 0.5) is 0 Å². The monoisotopic (exact) mass is 247 g/mol. The van der Waals surface area contributed by atoms with Crippen molar-refractivity contribution in [3.63, 3.8) is 0 Å². The second-order valence-corrected chi connectivity index (χ2v) is 5.67. The van der Waals surface area contributed by atoms with Crippen LogP contribution in [0.1, 0.15) is 56.2 Å². The third-order valence-electron chi connectivity index (χ3n) is 4.36. The van der Waals surface area contributed by atoms with Gasteiger partial charge in [0.05, 0.1) is 11.6 Å². The number of hydrogen-bond acceptors (Lipinski definition) is 2. The van der Waals surface area contributed by atoms with Crippen molar-refractivity contribution >= 4 is 0 Å². The fourth-order valence-corrected chi connectivity index (χ4v) is 2.94. The number of benzene rings is 1. The molecule has 1 atom stereocenters. The topological polar surface area (TPSA) is 21.3 Å². The molecule has 0 aliphatic heterocycles. The molecule has 2 heteroatoms. The van der Waals surface area contributed by atoms with Crippen LogP contribution in [0, 0.1) is 0 Å². The van der Waals surface area contributed by atoms with E-state index in [2.05, 4.69) is 43.4 Å². The van der Waals surface area contributed by atoms with E-state index in [1.54, 1.807) is 0 Å². The maximum atomic E-state index is 5.80. The lowest BCUT2D eigenvalue weighted by Crippen LogP contribution is -2.49. The summed E-state index contributed by atoms with van der Waals surface area (Å²) in [5.74, 6) is 0.590. The van der Waals surface area contributed by atoms with E-state index in [0.29, 0.717) is 12.0 Å². The molecular weight excluding hydrogens is 222 g/mol. The molecular formula is C16H25NO. The summed E-state index contributed by atoms with van der Waals surface area (Å²) in [6, 6.07) is 9.28. The van der Waals surface area contributed by atoms with E-state index in [-0.39, 0.29) is 5.60 Å². The van der Waals surface area contributed by atoms with Crippen LogP contribution in [-0.4, -0.2) is 19.8 Å². The normalized spacial score (nSPS) is 19.6.